The molecular formula is C18H20N4O2. The first-order valence-corrected chi connectivity index (χ1v) is 8.08. The number of rotatable bonds is 6. The number of hydrogen-bond donors (Lipinski definition) is 1. The highest BCUT2D eigenvalue weighted by Gasteiger charge is 2.18. The maximum atomic E-state index is 9.09. The molecule has 6 nitrogen and oxygen atoms in total. The highest BCUT2D eigenvalue weighted by Crippen LogP contribution is 2.30. The van der Waals surface area contributed by atoms with Gasteiger partial charge in [0, 0.05) is 30.6 Å². The van der Waals surface area contributed by atoms with Crippen LogP contribution in [0.4, 0.5) is 5.82 Å². The number of methoxy groups -OCH3 is 1. The fourth-order valence-electron chi connectivity index (χ4n) is 2.83. The normalized spacial score (nSPS) is 14.2. The van der Waals surface area contributed by atoms with E-state index >= 15 is 0 Å². The first-order valence-electron chi connectivity index (χ1n) is 8.08. The molecule has 0 bridgehead atoms. The van der Waals surface area contributed by atoms with Gasteiger partial charge in [0.25, 0.3) is 0 Å². The van der Waals surface area contributed by atoms with Crippen molar-refractivity contribution in [2.45, 2.75) is 38.3 Å². The molecule has 24 heavy (non-hydrogen) atoms. The van der Waals surface area contributed by atoms with Crippen LogP contribution in [0.5, 0.6) is 11.5 Å². The smallest absolute Gasteiger partial charge is 0.182 e. The number of nitriles is 1. The van der Waals surface area contributed by atoms with E-state index in [1.54, 1.807) is 13.3 Å². The van der Waals surface area contributed by atoms with E-state index in [-0.39, 0.29) is 11.8 Å². The van der Waals surface area contributed by atoms with Gasteiger partial charge in [-0.25, -0.2) is 9.97 Å². The van der Waals surface area contributed by atoms with Gasteiger partial charge < -0.3 is 14.8 Å². The van der Waals surface area contributed by atoms with Crippen molar-refractivity contribution in [3.05, 3.63) is 41.9 Å². The van der Waals surface area contributed by atoms with Crippen LogP contribution in [0, 0.1) is 11.3 Å². The van der Waals surface area contributed by atoms with Gasteiger partial charge in [-0.1, -0.05) is 0 Å². The van der Waals surface area contributed by atoms with Crippen molar-refractivity contribution < 1.29 is 9.47 Å². The fraction of sp³-hybridized carbons (Fsp3) is 0.389. The summed E-state index contributed by atoms with van der Waals surface area (Å²) in [6, 6.07) is 7.82. The van der Waals surface area contributed by atoms with Crippen molar-refractivity contribution in [3.63, 3.8) is 0 Å². The molecule has 0 amide bonds. The second kappa shape index (κ2) is 7.64. The SMILES string of the molecule is COc1ccc(CNc2nccnc2C#N)c(OC2CCCC2)c1. The van der Waals surface area contributed by atoms with Gasteiger partial charge in [0.1, 0.15) is 17.6 Å². The van der Waals surface area contributed by atoms with E-state index in [1.165, 1.54) is 19.0 Å². The average molecular weight is 324 g/mol. The van der Waals surface area contributed by atoms with E-state index < -0.39 is 0 Å². The third-order valence-electron chi connectivity index (χ3n) is 4.12. The third-order valence-corrected chi connectivity index (χ3v) is 4.12. The Kier molecular flexibility index (Phi) is 5.12. The van der Waals surface area contributed by atoms with E-state index in [0.29, 0.717) is 12.4 Å². The molecule has 0 aliphatic heterocycles. The Morgan fingerprint density at radius 1 is 1.25 bits per heavy atom. The monoisotopic (exact) mass is 324 g/mol. The minimum atomic E-state index is 0.266. The summed E-state index contributed by atoms with van der Waals surface area (Å²) in [4.78, 5) is 8.17. The van der Waals surface area contributed by atoms with Crippen LogP contribution >= 0.6 is 0 Å². The summed E-state index contributed by atoms with van der Waals surface area (Å²) < 4.78 is 11.5. The van der Waals surface area contributed by atoms with Gasteiger partial charge in [0.2, 0.25) is 0 Å². The zero-order chi connectivity index (χ0) is 16.8. The predicted octanol–water partition coefficient (Wildman–Crippen LogP) is 3.29. The van der Waals surface area contributed by atoms with Gasteiger partial charge in [-0.3, -0.25) is 0 Å². The topological polar surface area (TPSA) is 80.1 Å². The summed E-state index contributed by atoms with van der Waals surface area (Å²) in [6.07, 6.45) is 7.95. The molecule has 1 N–H and O–H groups in total. The molecule has 1 aromatic carbocycles. The van der Waals surface area contributed by atoms with Crippen LogP contribution in [0.25, 0.3) is 0 Å². The first kappa shape index (κ1) is 16.1. The molecule has 0 atom stereocenters. The van der Waals surface area contributed by atoms with Crippen LogP contribution in [-0.2, 0) is 6.54 Å². The lowest BCUT2D eigenvalue weighted by atomic mass is 10.1. The first-order chi connectivity index (χ1) is 11.8. The Morgan fingerprint density at radius 3 is 2.79 bits per heavy atom. The lowest BCUT2D eigenvalue weighted by Crippen LogP contribution is -2.13. The third kappa shape index (κ3) is 3.74. The van der Waals surface area contributed by atoms with E-state index in [2.05, 4.69) is 15.3 Å². The number of hydrogen-bond acceptors (Lipinski definition) is 6. The molecule has 1 aromatic heterocycles. The predicted molar refractivity (Wildman–Crippen MR) is 90.0 cm³/mol. The summed E-state index contributed by atoms with van der Waals surface area (Å²) in [5, 5.41) is 12.3. The molecule has 2 aromatic rings. The second-order valence-corrected chi connectivity index (χ2v) is 5.72. The summed E-state index contributed by atoms with van der Waals surface area (Å²) in [5.74, 6) is 2.06. The number of aromatic nitrogens is 2. The number of ether oxygens (including phenoxy) is 2. The Balaban J connectivity index is 1.77. The minimum Gasteiger partial charge on any atom is -0.497 e. The molecule has 0 unspecified atom stereocenters. The molecule has 124 valence electrons. The van der Waals surface area contributed by atoms with Crippen LogP contribution in [0.15, 0.2) is 30.6 Å². The summed E-state index contributed by atoms with van der Waals surface area (Å²) >= 11 is 0. The van der Waals surface area contributed by atoms with Gasteiger partial charge in [0.05, 0.1) is 13.2 Å². The van der Waals surface area contributed by atoms with Gasteiger partial charge in [0.15, 0.2) is 11.5 Å². The number of nitrogens with one attached hydrogen (secondary N) is 1. The lowest BCUT2D eigenvalue weighted by molar-refractivity contribution is 0.207. The van der Waals surface area contributed by atoms with Crippen LogP contribution < -0.4 is 14.8 Å². The molecule has 0 spiro atoms. The highest BCUT2D eigenvalue weighted by molar-refractivity contribution is 5.49. The molecule has 3 rings (SSSR count). The standard InChI is InChI=1S/C18H20N4O2/c1-23-15-7-6-13(17(10-15)24-14-4-2-3-5-14)12-22-18-16(11-19)20-8-9-21-18/h6-10,14H,2-5,12H2,1H3,(H,21,22). The zero-order valence-corrected chi connectivity index (χ0v) is 13.7. The molecule has 1 aliphatic rings. The fourth-order valence-corrected chi connectivity index (χ4v) is 2.83. The minimum absolute atomic E-state index is 0.266. The largest absolute Gasteiger partial charge is 0.497 e. The highest BCUT2D eigenvalue weighted by atomic mass is 16.5. The summed E-state index contributed by atoms with van der Waals surface area (Å²) in [6.45, 7) is 0.499. The molecule has 0 radical (unpaired) electrons. The molecular weight excluding hydrogens is 304 g/mol. The van der Waals surface area contributed by atoms with Gasteiger partial charge in [-0.15, -0.1) is 0 Å². The van der Waals surface area contributed by atoms with Crippen LogP contribution in [-0.4, -0.2) is 23.2 Å². The van der Waals surface area contributed by atoms with Crippen LogP contribution in [0.1, 0.15) is 36.9 Å². The number of anilines is 1. The molecule has 6 heteroatoms. The van der Waals surface area contributed by atoms with Crippen molar-refractivity contribution in [3.8, 4) is 17.6 Å². The maximum Gasteiger partial charge on any atom is 0.182 e. The zero-order valence-electron chi connectivity index (χ0n) is 13.7. The summed E-state index contributed by atoms with van der Waals surface area (Å²) in [7, 11) is 1.64. The molecule has 1 aliphatic carbocycles. The Morgan fingerprint density at radius 2 is 2.04 bits per heavy atom. The number of benzene rings is 1. The van der Waals surface area contributed by atoms with E-state index in [9.17, 15) is 0 Å². The van der Waals surface area contributed by atoms with Gasteiger partial charge >= 0.3 is 0 Å². The quantitative estimate of drug-likeness (QED) is 0.878. The molecule has 0 saturated heterocycles. The van der Waals surface area contributed by atoms with Crippen molar-refractivity contribution in [1.82, 2.24) is 9.97 Å². The van der Waals surface area contributed by atoms with E-state index in [0.717, 1.165) is 29.9 Å². The van der Waals surface area contributed by atoms with Crippen molar-refractivity contribution in [2.24, 2.45) is 0 Å². The molecule has 1 heterocycles. The van der Waals surface area contributed by atoms with Gasteiger partial charge in [-0.05, 0) is 37.8 Å². The Bertz CT molecular complexity index is 736. The van der Waals surface area contributed by atoms with Crippen LogP contribution in [0.2, 0.25) is 0 Å². The molecule has 1 fully saturated rings. The van der Waals surface area contributed by atoms with Crippen molar-refractivity contribution in [1.29, 1.82) is 5.26 Å². The van der Waals surface area contributed by atoms with Gasteiger partial charge in [-0.2, -0.15) is 5.26 Å². The Hall–Kier alpha value is -2.81. The lowest BCUT2D eigenvalue weighted by Gasteiger charge is -2.18. The van der Waals surface area contributed by atoms with Crippen molar-refractivity contribution in [2.75, 3.05) is 12.4 Å². The number of nitrogens with zero attached hydrogens (tertiary/aromatic N) is 3. The van der Waals surface area contributed by atoms with E-state index in [1.807, 2.05) is 24.3 Å². The van der Waals surface area contributed by atoms with Crippen LogP contribution in [0.3, 0.4) is 0 Å². The van der Waals surface area contributed by atoms with E-state index in [4.69, 9.17) is 14.7 Å². The summed E-state index contributed by atoms with van der Waals surface area (Å²) in [5.41, 5.74) is 1.28. The molecule has 1 saturated carbocycles. The Labute approximate surface area is 141 Å². The average Bonchev–Trinajstić information content (AvgIpc) is 3.14. The second-order valence-electron chi connectivity index (χ2n) is 5.72. The maximum absolute atomic E-state index is 9.09. The van der Waals surface area contributed by atoms with Crippen molar-refractivity contribution >= 4 is 5.82 Å².